The molecule has 0 bridgehead atoms. The molecule has 0 aromatic rings. The quantitative estimate of drug-likeness (QED) is 0.546. The van der Waals surface area contributed by atoms with Crippen molar-refractivity contribution in [1.29, 1.82) is 0 Å². The van der Waals surface area contributed by atoms with Crippen LogP contribution < -0.4 is 11.5 Å². The Hall–Kier alpha value is -0.410. The molecule has 0 aromatic carbocycles. The van der Waals surface area contributed by atoms with Crippen LogP contribution in [0.25, 0.3) is 0 Å². The van der Waals surface area contributed by atoms with Crippen LogP contribution in [-0.4, -0.2) is 18.4 Å². The lowest BCUT2D eigenvalue weighted by atomic mass is 10.1. The van der Waals surface area contributed by atoms with E-state index in [9.17, 15) is 4.79 Å². The van der Waals surface area contributed by atoms with Crippen LogP contribution in [0.5, 0.6) is 0 Å². The monoisotopic (exact) mass is 130 g/mol. The van der Waals surface area contributed by atoms with Crippen molar-refractivity contribution in [2.75, 3.05) is 6.54 Å². The summed E-state index contributed by atoms with van der Waals surface area (Å²) in [7, 11) is 0. The van der Waals surface area contributed by atoms with Gasteiger partial charge < -0.3 is 11.5 Å². The Morgan fingerprint density at radius 3 is 2.56 bits per heavy atom. The van der Waals surface area contributed by atoms with Gasteiger partial charge in [0.1, 0.15) is 0 Å². The molecule has 4 N–H and O–H groups in total. The molecule has 0 unspecified atom stereocenters. The van der Waals surface area contributed by atoms with Crippen LogP contribution in [0.15, 0.2) is 0 Å². The molecule has 0 saturated heterocycles. The van der Waals surface area contributed by atoms with Crippen molar-refractivity contribution in [3.63, 3.8) is 0 Å². The minimum atomic E-state index is -0.440. The summed E-state index contributed by atoms with van der Waals surface area (Å²) in [6.07, 6.45) is 1.41. The van der Waals surface area contributed by atoms with Crippen LogP contribution in [0.3, 0.4) is 0 Å². The van der Waals surface area contributed by atoms with Crippen molar-refractivity contribution < 1.29 is 4.79 Å². The Kier molecular flexibility index (Phi) is 4.26. The van der Waals surface area contributed by atoms with E-state index in [4.69, 9.17) is 11.5 Å². The molecule has 0 aromatic heterocycles. The van der Waals surface area contributed by atoms with E-state index < -0.39 is 6.04 Å². The minimum Gasteiger partial charge on any atom is -0.328 e. The largest absolute Gasteiger partial charge is 0.328 e. The maximum absolute atomic E-state index is 10.8. The van der Waals surface area contributed by atoms with Gasteiger partial charge in [-0.2, -0.15) is 0 Å². The van der Waals surface area contributed by atoms with Crippen LogP contribution in [0.1, 0.15) is 19.8 Å². The van der Waals surface area contributed by atoms with E-state index in [1.807, 2.05) is 6.92 Å². The predicted octanol–water partition coefficient (Wildman–Crippen LogP) is -0.358. The SMILES string of the molecule is CCCC(=O)[C@H](N)CN. The van der Waals surface area contributed by atoms with Gasteiger partial charge in [0.2, 0.25) is 0 Å². The van der Waals surface area contributed by atoms with E-state index in [1.165, 1.54) is 0 Å². The molecule has 0 rings (SSSR count). The standard InChI is InChI=1S/C6H14N2O/c1-2-3-6(9)5(8)4-7/h5H,2-4,7-8H2,1H3/t5-/m1/s1. The fraction of sp³-hybridized carbons (Fsp3) is 0.833. The summed E-state index contributed by atoms with van der Waals surface area (Å²) in [5, 5.41) is 0. The molecule has 0 aliphatic heterocycles. The number of hydrogen-bond acceptors (Lipinski definition) is 3. The number of carbonyl (C=O) groups is 1. The van der Waals surface area contributed by atoms with E-state index in [1.54, 1.807) is 0 Å². The molecule has 3 nitrogen and oxygen atoms in total. The van der Waals surface area contributed by atoms with Gasteiger partial charge in [0, 0.05) is 13.0 Å². The highest BCUT2D eigenvalue weighted by molar-refractivity contribution is 5.83. The van der Waals surface area contributed by atoms with Crippen molar-refractivity contribution in [1.82, 2.24) is 0 Å². The number of nitrogens with two attached hydrogens (primary N) is 2. The third-order valence-electron chi connectivity index (χ3n) is 1.16. The molecule has 1 atom stereocenters. The lowest BCUT2D eigenvalue weighted by Gasteiger charge is -2.04. The average molecular weight is 130 g/mol. The number of carbonyl (C=O) groups excluding carboxylic acids is 1. The Morgan fingerprint density at radius 1 is 1.67 bits per heavy atom. The van der Waals surface area contributed by atoms with Gasteiger partial charge in [-0.05, 0) is 6.42 Å². The fourth-order valence-corrected chi connectivity index (χ4v) is 0.563. The van der Waals surface area contributed by atoms with Crippen molar-refractivity contribution in [2.24, 2.45) is 11.5 Å². The average Bonchev–Trinajstić information content (AvgIpc) is 1.87. The molecule has 0 radical (unpaired) electrons. The molecule has 0 fully saturated rings. The van der Waals surface area contributed by atoms with Gasteiger partial charge in [-0.3, -0.25) is 4.79 Å². The molecule has 0 saturated carbocycles. The van der Waals surface area contributed by atoms with Crippen LogP contribution in [0, 0.1) is 0 Å². The summed E-state index contributed by atoms with van der Waals surface area (Å²) < 4.78 is 0. The highest BCUT2D eigenvalue weighted by Crippen LogP contribution is 1.90. The molecule has 0 heterocycles. The van der Waals surface area contributed by atoms with Gasteiger partial charge in [0.05, 0.1) is 6.04 Å². The summed E-state index contributed by atoms with van der Waals surface area (Å²) >= 11 is 0. The molecular weight excluding hydrogens is 116 g/mol. The molecule has 0 aliphatic rings. The number of hydrogen-bond donors (Lipinski definition) is 2. The molecule has 3 heteroatoms. The number of rotatable bonds is 4. The summed E-state index contributed by atoms with van der Waals surface area (Å²) in [5.41, 5.74) is 10.5. The zero-order valence-electron chi connectivity index (χ0n) is 5.76. The van der Waals surface area contributed by atoms with Gasteiger partial charge in [-0.25, -0.2) is 0 Å². The van der Waals surface area contributed by atoms with Crippen molar-refractivity contribution in [3.8, 4) is 0 Å². The topological polar surface area (TPSA) is 69.1 Å². The summed E-state index contributed by atoms with van der Waals surface area (Å²) in [6.45, 7) is 2.21. The first-order valence-electron chi connectivity index (χ1n) is 3.20. The summed E-state index contributed by atoms with van der Waals surface area (Å²) in [4.78, 5) is 10.8. The minimum absolute atomic E-state index is 0.0694. The third-order valence-corrected chi connectivity index (χ3v) is 1.16. The molecule has 0 amide bonds. The van der Waals surface area contributed by atoms with E-state index in [0.29, 0.717) is 6.42 Å². The first-order chi connectivity index (χ1) is 4.22. The molecule has 54 valence electrons. The molecule has 0 aliphatic carbocycles. The van der Waals surface area contributed by atoms with E-state index >= 15 is 0 Å². The predicted molar refractivity (Wildman–Crippen MR) is 36.9 cm³/mol. The van der Waals surface area contributed by atoms with Crippen molar-refractivity contribution in [3.05, 3.63) is 0 Å². The highest BCUT2D eigenvalue weighted by atomic mass is 16.1. The van der Waals surface area contributed by atoms with E-state index in [2.05, 4.69) is 0 Å². The first kappa shape index (κ1) is 8.59. The van der Waals surface area contributed by atoms with Crippen LogP contribution in [-0.2, 0) is 4.79 Å². The zero-order valence-corrected chi connectivity index (χ0v) is 5.76. The van der Waals surface area contributed by atoms with Gasteiger partial charge in [0.15, 0.2) is 5.78 Å². The summed E-state index contributed by atoms with van der Waals surface area (Å²) in [6, 6.07) is -0.440. The number of Topliss-reactive ketones (excluding diaryl/α,β-unsaturated/α-hetero) is 1. The maximum atomic E-state index is 10.8. The maximum Gasteiger partial charge on any atom is 0.150 e. The highest BCUT2D eigenvalue weighted by Gasteiger charge is 2.08. The van der Waals surface area contributed by atoms with Crippen LogP contribution in [0.4, 0.5) is 0 Å². The van der Waals surface area contributed by atoms with Gasteiger partial charge in [-0.15, -0.1) is 0 Å². The van der Waals surface area contributed by atoms with E-state index in [0.717, 1.165) is 6.42 Å². The number of ketones is 1. The fourth-order valence-electron chi connectivity index (χ4n) is 0.563. The molecular formula is C6H14N2O. The normalized spacial score (nSPS) is 13.2. The second-order valence-electron chi connectivity index (χ2n) is 2.06. The van der Waals surface area contributed by atoms with Gasteiger partial charge >= 0.3 is 0 Å². The van der Waals surface area contributed by atoms with Crippen molar-refractivity contribution >= 4 is 5.78 Å². The Balaban J connectivity index is 3.46. The lowest BCUT2D eigenvalue weighted by molar-refractivity contribution is -0.120. The first-order valence-corrected chi connectivity index (χ1v) is 3.20. The van der Waals surface area contributed by atoms with Crippen molar-refractivity contribution in [2.45, 2.75) is 25.8 Å². The Bertz CT molecular complexity index is 93.1. The smallest absolute Gasteiger partial charge is 0.150 e. The zero-order chi connectivity index (χ0) is 7.28. The second kappa shape index (κ2) is 4.47. The van der Waals surface area contributed by atoms with Crippen LogP contribution >= 0.6 is 0 Å². The molecule has 0 spiro atoms. The van der Waals surface area contributed by atoms with Crippen LogP contribution in [0.2, 0.25) is 0 Å². The second-order valence-corrected chi connectivity index (χ2v) is 2.06. The van der Waals surface area contributed by atoms with Gasteiger partial charge in [-0.1, -0.05) is 6.92 Å². The van der Waals surface area contributed by atoms with E-state index in [-0.39, 0.29) is 12.3 Å². The Labute approximate surface area is 55.4 Å². The lowest BCUT2D eigenvalue weighted by Crippen LogP contribution is -2.37. The Morgan fingerprint density at radius 2 is 2.22 bits per heavy atom. The summed E-state index contributed by atoms with van der Waals surface area (Å²) in [5.74, 6) is 0.0694. The van der Waals surface area contributed by atoms with Gasteiger partial charge in [0.25, 0.3) is 0 Å². The third kappa shape index (κ3) is 3.21. The molecule has 9 heavy (non-hydrogen) atoms.